The van der Waals surface area contributed by atoms with Crippen LogP contribution in [0.4, 0.5) is 0 Å². The summed E-state index contributed by atoms with van der Waals surface area (Å²) in [7, 11) is 0. The highest BCUT2D eigenvalue weighted by Gasteiger charge is 2.28. The van der Waals surface area contributed by atoms with Gasteiger partial charge >= 0.3 is 0 Å². The second kappa shape index (κ2) is 6.06. The summed E-state index contributed by atoms with van der Waals surface area (Å²) in [4.78, 5) is 0. The number of aliphatic hydroxyl groups excluding tert-OH is 4. The van der Waals surface area contributed by atoms with E-state index in [9.17, 15) is 0 Å². The summed E-state index contributed by atoms with van der Waals surface area (Å²) in [6, 6.07) is 0. The average Bonchev–Trinajstić information content (AvgIpc) is 2.12. The van der Waals surface area contributed by atoms with Crippen molar-refractivity contribution in [3.63, 3.8) is 0 Å². The van der Waals surface area contributed by atoms with Crippen LogP contribution in [0.25, 0.3) is 0 Å². The molecule has 0 aromatic carbocycles. The van der Waals surface area contributed by atoms with E-state index in [1.54, 1.807) is 0 Å². The Bertz CT molecular complexity index is 110. The number of hydrogen-bond acceptors (Lipinski definition) is 6. The molecule has 4 unspecified atom stereocenters. The van der Waals surface area contributed by atoms with E-state index in [1.165, 1.54) is 0 Å². The van der Waals surface area contributed by atoms with Gasteiger partial charge in [-0.25, -0.2) is 0 Å². The Balaban J connectivity index is 3.99. The molecule has 0 aliphatic heterocycles. The van der Waals surface area contributed by atoms with Gasteiger partial charge in [0.1, 0.15) is 12.2 Å². The van der Waals surface area contributed by atoms with Gasteiger partial charge in [0.2, 0.25) is 0 Å². The Kier molecular flexibility index (Phi) is 6.34. The molecule has 0 amide bonds. The molecule has 0 fully saturated rings. The lowest BCUT2D eigenvalue weighted by atomic mass is 10.1. The summed E-state index contributed by atoms with van der Waals surface area (Å²) in [5.74, 6) is 0.0506. The summed E-state index contributed by atoms with van der Waals surface area (Å²) in [5, 5.41) is 36.3. The van der Waals surface area contributed by atoms with E-state index in [4.69, 9.17) is 20.4 Å². The molecule has 0 heterocycles. The van der Waals surface area contributed by atoms with Gasteiger partial charge in [0.05, 0.1) is 12.2 Å². The third-order valence-electron chi connectivity index (χ3n) is 1.51. The van der Waals surface area contributed by atoms with Crippen molar-refractivity contribution in [3.8, 4) is 0 Å². The zero-order chi connectivity index (χ0) is 9.72. The lowest BCUT2D eigenvalue weighted by Crippen LogP contribution is -2.45. The fourth-order valence-electron chi connectivity index (χ4n) is 0.671. The molecule has 0 aromatic rings. The molecule has 0 bridgehead atoms. The van der Waals surface area contributed by atoms with Crippen LogP contribution >= 0.6 is 25.3 Å². The van der Waals surface area contributed by atoms with Crippen molar-refractivity contribution >= 4 is 25.3 Å². The molecule has 74 valence electrons. The van der Waals surface area contributed by atoms with Crippen LogP contribution in [0.2, 0.25) is 0 Å². The van der Waals surface area contributed by atoms with E-state index in [2.05, 4.69) is 25.3 Å². The van der Waals surface area contributed by atoms with Crippen molar-refractivity contribution in [2.45, 2.75) is 24.4 Å². The number of hydrogen-bond donors (Lipinski definition) is 6. The SMILES string of the molecule is OC(CS)C(O)C(O)C(O)CS. The maximum Gasteiger partial charge on any atom is 0.109 e. The van der Waals surface area contributed by atoms with Gasteiger partial charge in [0.25, 0.3) is 0 Å². The highest BCUT2D eigenvalue weighted by atomic mass is 32.1. The Hall–Kier alpha value is 0.540. The van der Waals surface area contributed by atoms with Crippen molar-refractivity contribution in [1.29, 1.82) is 0 Å². The first-order valence-corrected chi connectivity index (χ1v) is 4.75. The van der Waals surface area contributed by atoms with Gasteiger partial charge in [-0.3, -0.25) is 0 Å². The van der Waals surface area contributed by atoms with Crippen LogP contribution in [-0.2, 0) is 0 Å². The third-order valence-corrected chi connectivity index (χ3v) is 2.26. The van der Waals surface area contributed by atoms with Gasteiger partial charge in [-0.1, -0.05) is 0 Å². The summed E-state index contributed by atoms with van der Waals surface area (Å²) < 4.78 is 0. The van der Waals surface area contributed by atoms with E-state index in [-0.39, 0.29) is 11.5 Å². The number of thiol groups is 2. The first kappa shape index (κ1) is 12.5. The molecule has 6 heteroatoms. The fourth-order valence-corrected chi connectivity index (χ4v) is 1.10. The van der Waals surface area contributed by atoms with Crippen molar-refractivity contribution in [3.05, 3.63) is 0 Å². The van der Waals surface area contributed by atoms with Crippen LogP contribution in [0.15, 0.2) is 0 Å². The largest absolute Gasteiger partial charge is 0.389 e. The third kappa shape index (κ3) is 3.51. The minimum absolute atomic E-state index is 0.0253. The molecule has 0 radical (unpaired) electrons. The summed E-state index contributed by atoms with van der Waals surface area (Å²) in [6.45, 7) is 0. The van der Waals surface area contributed by atoms with E-state index in [1.807, 2.05) is 0 Å². The molecule has 0 aromatic heterocycles. The molecule has 0 saturated heterocycles. The van der Waals surface area contributed by atoms with Gasteiger partial charge in [0.15, 0.2) is 0 Å². The van der Waals surface area contributed by atoms with Crippen LogP contribution < -0.4 is 0 Å². The van der Waals surface area contributed by atoms with Crippen LogP contribution in [0, 0.1) is 0 Å². The number of aliphatic hydroxyl groups is 4. The van der Waals surface area contributed by atoms with E-state index < -0.39 is 24.4 Å². The molecule has 4 N–H and O–H groups in total. The lowest BCUT2D eigenvalue weighted by molar-refractivity contribution is -0.0920. The predicted molar refractivity (Wildman–Crippen MR) is 51.7 cm³/mol. The summed E-state index contributed by atoms with van der Waals surface area (Å²) >= 11 is 7.45. The van der Waals surface area contributed by atoms with Crippen molar-refractivity contribution < 1.29 is 20.4 Å². The molecule has 0 aliphatic rings. The molecule has 4 nitrogen and oxygen atoms in total. The Labute approximate surface area is 82.1 Å². The van der Waals surface area contributed by atoms with Crippen LogP contribution in [-0.4, -0.2) is 56.3 Å². The normalized spacial score (nSPS) is 21.5. The summed E-state index contributed by atoms with van der Waals surface area (Å²) in [5.41, 5.74) is 0. The molecule has 12 heavy (non-hydrogen) atoms. The average molecular weight is 214 g/mol. The highest BCUT2D eigenvalue weighted by molar-refractivity contribution is 7.80. The first-order chi connectivity index (χ1) is 5.54. The van der Waals surface area contributed by atoms with Gasteiger partial charge in [-0.2, -0.15) is 25.3 Å². The quantitative estimate of drug-likeness (QED) is 0.308. The second-order valence-electron chi connectivity index (χ2n) is 2.48. The van der Waals surface area contributed by atoms with Gasteiger partial charge in [0, 0.05) is 11.5 Å². The van der Waals surface area contributed by atoms with Crippen LogP contribution in [0.5, 0.6) is 0 Å². The van der Waals surface area contributed by atoms with E-state index >= 15 is 0 Å². The minimum atomic E-state index is -1.38. The maximum atomic E-state index is 9.14. The smallest absolute Gasteiger partial charge is 0.109 e. The highest BCUT2D eigenvalue weighted by Crippen LogP contribution is 2.07. The fraction of sp³-hybridized carbons (Fsp3) is 1.00. The minimum Gasteiger partial charge on any atom is -0.389 e. The monoisotopic (exact) mass is 214 g/mol. The maximum absolute atomic E-state index is 9.14. The molecule has 0 spiro atoms. The Morgan fingerprint density at radius 1 is 0.750 bits per heavy atom. The topological polar surface area (TPSA) is 80.9 Å². The standard InChI is InChI=1S/C6H14O4S2/c7-3(1-11)5(9)6(10)4(8)2-12/h3-12H,1-2H2. The predicted octanol–water partition coefficient (Wildman–Crippen LogP) is -1.71. The van der Waals surface area contributed by atoms with Crippen molar-refractivity contribution in [2.75, 3.05) is 11.5 Å². The Morgan fingerprint density at radius 2 is 1.00 bits per heavy atom. The zero-order valence-electron chi connectivity index (χ0n) is 6.41. The van der Waals surface area contributed by atoms with E-state index in [0.717, 1.165) is 0 Å². The van der Waals surface area contributed by atoms with Gasteiger partial charge < -0.3 is 20.4 Å². The molecule has 4 atom stereocenters. The summed E-state index contributed by atoms with van der Waals surface area (Å²) in [6.07, 6.45) is -5.05. The second-order valence-corrected chi connectivity index (χ2v) is 3.21. The van der Waals surface area contributed by atoms with Gasteiger partial charge in [-0.15, -0.1) is 0 Å². The van der Waals surface area contributed by atoms with Gasteiger partial charge in [-0.05, 0) is 0 Å². The molecule has 0 aliphatic carbocycles. The molecular formula is C6H14O4S2. The van der Waals surface area contributed by atoms with Crippen LogP contribution in [0.3, 0.4) is 0 Å². The number of rotatable bonds is 5. The van der Waals surface area contributed by atoms with E-state index in [0.29, 0.717) is 0 Å². The Morgan fingerprint density at radius 3 is 1.17 bits per heavy atom. The van der Waals surface area contributed by atoms with Crippen molar-refractivity contribution in [1.82, 2.24) is 0 Å². The zero-order valence-corrected chi connectivity index (χ0v) is 8.20. The first-order valence-electron chi connectivity index (χ1n) is 3.48. The molecule has 0 saturated carbocycles. The van der Waals surface area contributed by atoms with Crippen molar-refractivity contribution in [2.24, 2.45) is 0 Å². The lowest BCUT2D eigenvalue weighted by Gasteiger charge is -2.24. The molecule has 0 rings (SSSR count). The molecular weight excluding hydrogens is 200 g/mol. The van der Waals surface area contributed by atoms with Crippen LogP contribution in [0.1, 0.15) is 0 Å².